The van der Waals surface area contributed by atoms with Gasteiger partial charge in [-0.2, -0.15) is 5.26 Å². The van der Waals surface area contributed by atoms with Gasteiger partial charge in [0.1, 0.15) is 5.65 Å². The molecule has 2 aromatic rings. The molecule has 2 rings (SSSR count). The molecule has 0 radical (unpaired) electrons. The van der Waals surface area contributed by atoms with E-state index in [2.05, 4.69) is 29.3 Å². The van der Waals surface area contributed by atoms with E-state index in [0.29, 0.717) is 11.5 Å². The van der Waals surface area contributed by atoms with Crippen molar-refractivity contribution in [1.29, 1.82) is 5.26 Å². The van der Waals surface area contributed by atoms with Gasteiger partial charge in [-0.05, 0) is 25.0 Å². The third-order valence-electron chi connectivity index (χ3n) is 2.52. The molecule has 0 spiro atoms. The fourth-order valence-corrected chi connectivity index (χ4v) is 1.95. The number of rotatable bonds is 1. The Morgan fingerprint density at radius 3 is 2.80 bits per heavy atom. The molecule has 0 N–H and O–H groups in total. The lowest BCUT2D eigenvalue weighted by molar-refractivity contribution is 0.798. The Balaban J connectivity index is 2.75. The van der Waals surface area contributed by atoms with E-state index in [1.165, 1.54) is 5.69 Å². The molecule has 0 amide bonds. The first-order chi connectivity index (χ1) is 7.13. The molecule has 0 fully saturated rings. The summed E-state index contributed by atoms with van der Waals surface area (Å²) < 4.78 is 2.06. The van der Waals surface area contributed by atoms with Crippen LogP contribution in [0.3, 0.4) is 0 Å². The lowest BCUT2D eigenvalue weighted by atomic mass is 10.1. The summed E-state index contributed by atoms with van der Waals surface area (Å²) in [6.45, 7) is 6.30. The minimum absolute atomic E-state index is 0.438. The summed E-state index contributed by atoms with van der Waals surface area (Å²) in [5, 5.41) is 8.80. The Morgan fingerprint density at radius 2 is 2.20 bits per heavy atom. The zero-order valence-corrected chi connectivity index (χ0v) is 9.15. The first-order valence-electron chi connectivity index (χ1n) is 5.02. The summed E-state index contributed by atoms with van der Waals surface area (Å²) in [5.74, 6) is 0.438. The van der Waals surface area contributed by atoms with E-state index in [1.54, 1.807) is 0 Å². The highest BCUT2D eigenvalue weighted by atomic mass is 15.0. The van der Waals surface area contributed by atoms with E-state index < -0.39 is 0 Å². The maximum atomic E-state index is 8.80. The van der Waals surface area contributed by atoms with Crippen LogP contribution in [0.1, 0.15) is 36.7 Å². The topological polar surface area (TPSA) is 41.1 Å². The predicted octanol–water partition coefficient (Wildman–Crippen LogP) is 2.64. The minimum atomic E-state index is 0.438. The number of hydrogen-bond donors (Lipinski definition) is 0. The van der Waals surface area contributed by atoms with Gasteiger partial charge < -0.3 is 4.40 Å². The fraction of sp³-hybridized carbons (Fsp3) is 0.333. The molecule has 2 heterocycles. The van der Waals surface area contributed by atoms with E-state index in [1.807, 2.05) is 25.3 Å². The summed E-state index contributed by atoms with van der Waals surface area (Å²) in [7, 11) is 0. The highest BCUT2D eigenvalue weighted by Gasteiger charge is 2.11. The van der Waals surface area contributed by atoms with Crippen molar-refractivity contribution in [2.24, 2.45) is 0 Å². The van der Waals surface area contributed by atoms with Gasteiger partial charge in [0.15, 0.2) is 0 Å². The number of imidazole rings is 1. The van der Waals surface area contributed by atoms with E-state index in [9.17, 15) is 0 Å². The molecule has 0 bridgehead atoms. The van der Waals surface area contributed by atoms with Gasteiger partial charge in [-0.15, -0.1) is 0 Å². The smallest absolute Gasteiger partial charge is 0.138 e. The summed E-state index contributed by atoms with van der Waals surface area (Å²) in [6.07, 6.45) is 1.92. The molecule has 0 saturated heterocycles. The van der Waals surface area contributed by atoms with Crippen molar-refractivity contribution in [3.05, 3.63) is 35.3 Å². The monoisotopic (exact) mass is 199 g/mol. The first-order valence-corrected chi connectivity index (χ1v) is 5.02. The van der Waals surface area contributed by atoms with Crippen molar-refractivity contribution in [1.82, 2.24) is 9.38 Å². The Kier molecular flexibility index (Phi) is 2.20. The third kappa shape index (κ3) is 1.48. The molecule has 0 aliphatic heterocycles. The van der Waals surface area contributed by atoms with Crippen LogP contribution in [0.2, 0.25) is 0 Å². The molecule has 0 atom stereocenters. The van der Waals surface area contributed by atoms with Crippen LogP contribution in [0.5, 0.6) is 0 Å². The van der Waals surface area contributed by atoms with Crippen LogP contribution in [-0.2, 0) is 0 Å². The van der Waals surface area contributed by atoms with Gasteiger partial charge >= 0.3 is 0 Å². The maximum Gasteiger partial charge on any atom is 0.138 e. The number of fused-ring (bicyclic) bond motifs is 1. The number of aryl methyl sites for hydroxylation is 1. The van der Waals surface area contributed by atoms with Gasteiger partial charge in [0, 0.05) is 11.9 Å². The zero-order valence-electron chi connectivity index (χ0n) is 9.15. The lowest BCUT2D eigenvalue weighted by Gasteiger charge is -2.05. The number of nitrogens with zero attached hydrogens (tertiary/aromatic N) is 3. The van der Waals surface area contributed by atoms with Gasteiger partial charge in [-0.1, -0.05) is 13.8 Å². The Hall–Kier alpha value is -1.82. The fourth-order valence-electron chi connectivity index (χ4n) is 1.95. The zero-order chi connectivity index (χ0) is 11.0. The molecule has 15 heavy (non-hydrogen) atoms. The highest BCUT2D eigenvalue weighted by Crippen LogP contribution is 2.20. The van der Waals surface area contributed by atoms with Crippen molar-refractivity contribution in [3.8, 4) is 6.07 Å². The normalized spacial score (nSPS) is 10.9. The molecular weight excluding hydrogens is 186 g/mol. The van der Waals surface area contributed by atoms with Crippen molar-refractivity contribution in [3.63, 3.8) is 0 Å². The maximum absolute atomic E-state index is 8.80. The SMILES string of the molecule is Cc1nc2cc(C#N)ccn2c1C(C)C. The van der Waals surface area contributed by atoms with E-state index in [-0.39, 0.29) is 0 Å². The quantitative estimate of drug-likeness (QED) is 0.708. The van der Waals surface area contributed by atoms with E-state index in [4.69, 9.17) is 5.26 Å². The van der Waals surface area contributed by atoms with Gasteiger partial charge in [-0.3, -0.25) is 0 Å². The second-order valence-electron chi connectivity index (χ2n) is 3.99. The Morgan fingerprint density at radius 1 is 1.47 bits per heavy atom. The van der Waals surface area contributed by atoms with E-state index >= 15 is 0 Å². The number of hydrogen-bond acceptors (Lipinski definition) is 2. The average Bonchev–Trinajstić information content (AvgIpc) is 2.52. The van der Waals surface area contributed by atoms with Gasteiger partial charge in [-0.25, -0.2) is 4.98 Å². The number of nitriles is 1. The van der Waals surface area contributed by atoms with Crippen molar-refractivity contribution >= 4 is 5.65 Å². The second kappa shape index (κ2) is 3.39. The van der Waals surface area contributed by atoms with Crippen LogP contribution < -0.4 is 0 Å². The van der Waals surface area contributed by atoms with Crippen molar-refractivity contribution in [2.45, 2.75) is 26.7 Å². The van der Waals surface area contributed by atoms with E-state index in [0.717, 1.165) is 11.3 Å². The molecular formula is C12H13N3. The molecule has 3 nitrogen and oxygen atoms in total. The highest BCUT2D eigenvalue weighted by molar-refractivity contribution is 5.49. The van der Waals surface area contributed by atoms with Crippen LogP contribution in [-0.4, -0.2) is 9.38 Å². The van der Waals surface area contributed by atoms with Crippen molar-refractivity contribution in [2.75, 3.05) is 0 Å². The Labute approximate surface area is 89.0 Å². The molecule has 3 heteroatoms. The molecule has 0 saturated carbocycles. The molecule has 2 aromatic heterocycles. The van der Waals surface area contributed by atoms with Crippen LogP contribution in [0, 0.1) is 18.3 Å². The summed E-state index contributed by atoms with van der Waals surface area (Å²) >= 11 is 0. The van der Waals surface area contributed by atoms with Gasteiger partial charge in [0.05, 0.1) is 17.3 Å². The van der Waals surface area contributed by atoms with Crippen LogP contribution in [0.25, 0.3) is 5.65 Å². The van der Waals surface area contributed by atoms with Crippen LogP contribution >= 0.6 is 0 Å². The average molecular weight is 199 g/mol. The summed E-state index contributed by atoms with van der Waals surface area (Å²) in [6, 6.07) is 5.76. The van der Waals surface area contributed by atoms with Crippen LogP contribution in [0.15, 0.2) is 18.3 Å². The molecule has 0 unspecified atom stereocenters. The van der Waals surface area contributed by atoms with Crippen LogP contribution in [0.4, 0.5) is 0 Å². The van der Waals surface area contributed by atoms with Crippen molar-refractivity contribution < 1.29 is 0 Å². The molecule has 0 aliphatic carbocycles. The lowest BCUT2D eigenvalue weighted by Crippen LogP contribution is -1.96. The van der Waals surface area contributed by atoms with Gasteiger partial charge in [0.2, 0.25) is 0 Å². The molecule has 0 aromatic carbocycles. The number of aromatic nitrogens is 2. The third-order valence-corrected chi connectivity index (χ3v) is 2.52. The standard InChI is InChI=1S/C12H13N3/c1-8(2)12-9(3)14-11-6-10(7-13)4-5-15(11)12/h4-6,8H,1-3H3. The summed E-state index contributed by atoms with van der Waals surface area (Å²) in [4.78, 5) is 4.45. The first kappa shape index (κ1) is 9.72. The molecule has 0 aliphatic rings. The largest absolute Gasteiger partial charge is 0.303 e. The minimum Gasteiger partial charge on any atom is -0.303 e. The second-order valence-corrected chi connectivity index (χ2v) is 3.99. The predicted molar refractivity (Wildman–Crippen MR) is 58.7 cm³/mol. The molecule has 76 valence electrons. The number of pyridine rings is 1. The summed E-state index contributed by atoms with van der Waals surface area (Å²) in [5.41, 5.74) is 3.77. The van der Waals surface area contributed by atoms with Gasteiger partial charge in [0.25, 0.3) is 0 Å². The Bertz CT molecular complexity index is 544.